The first-order valence-corrected chi connectivity index (χ1v) is 7.44. The lowest BCUT2D eigenvalue weighted by molar-refractivity contribution is -0.115. The van der Waals surface area contributed by atoms with Crippen LogP contribution in [0.15, 0.2) is 42.5 Å². The molecule has 0 unspecified atom stereocenters. The first kappa shape index (κ1) is 14.9. The molecule has 0 aliphatic rings. The zero-order chi connectivity index (χ0) is 16.4. The van der Waals surface area contributed by atoms with Crippen LogP contribution in [-0.2, 0) is 11.3 Å². The Hall–Kier alpha value is -3.02. The molecule has 0 spiro atoms. The number of aromatic nitrogens is 1. The molecule has 4 N–H and O–H groups in total. The topological polar surface area (TPSA) is 89.2 Å². The minimum atomic E-state index is -0.721. The van der Waals surface area contributed by atoms with Crippen LogP contribution in [0.2, 0.25) is 0 Å². The zero-order valence-corrected chi connectivity index (χ0v) is 12.8. The summed E-state index contributed by atoms with van der Waals surface area (Å²) in [6, 6.07) is 13.3. The molecule has 0 fully saturated rings. The van der Waals surface area contributed by atoms with Gasteiger partial charge < -0.3 is 20.9 Å². The van der Waals surface area contributed by atoms with Crippen LogP contribution in [-0.4, -0.2) is 23.1 Å². The van der Waals surface area contributed by atoms with Crippen LogP contribution < -0.4 is 16.4 Å². The van der Waals surface area contributed by atoms with E-state index in [4.69, 9.17) is 5.73 Å². The van der Waals surface area contributed by atoms with Crippen molar-refractivity contribution in [2.75, 3.05) is 11.9 Å². The lowest BCUT2D eigenvalue weighted by atomic mass is 10.1. The molecular weight excluding hydrogens is 292 g/mol. The fraction of sp³-hybridized carbons (Fsp3) is 0.176. The molecule has 0 radical (unpaired) electrons. The molecule has 6 nitrogen and oxygen atoms in total. The molecule has 2 aromatic carbocycles. The molecule has 0 bridgehead atoms. The molecule has 6 heteroatoms. The number of urea groups is 1. The number of nitrogens with zero attached hydrogens (tertiary/aromatic N) is 1. The molecule has 1 aromatic heterocycles. The van der Waals surface area contributed by atoms with E-state index in [0.717, 1.165) is 22.8 Å². The number of anilines is 1. The number of carbonyl (C=O) groups is 2. The standard InChI is InChI=1S/C17H18N4O2/c1-2-21-14-6-4-3-5-12(14)13-9-11(7-8-15(13)21)20-16(22)10-19-17(18)23/h3-9H,2,10H2,1H3,(H,20,22)(H3,18,19,23). The van der Waals surface area contributed by atoms with Gasteiger partial charge in [-0.15, -0.1) is 0 Å². The highest BCUT2D eigenvalue weighted by molar-refractivity contribution is 6.09. The van der Waals surface area contributed by atoms with Crippen molar-refractivity contribution in [1.29, 1.82) is 0 Å². The SMILES string of the molecule is CCn1c2ccccc2c2cc(NC(=O)CNC(N)=O)ccc21. The van der Waals surface area contributed by atoms with Gasteiger partial charge in [0.25, 0.3) is 0 Å². The summed E-state index contributed by atoms with van der Waals surface area (Å²) in [6.45, 7) is 2.83. The molecule has 0 saturated heterocycles. The van der Waals surface area contributed by atoms with Gasteiger partial charge in [-0.3, -0.25) is 4.79 Å². The number of aryl methyl sites for hydroxylation is 1. The van der Waals surface area contributed by atoms with Crippen molar-refractivity contribution < 1.29 is 9.59 Å². The number of carbonyl (C=O) groups excluding carboxylic acids is 2. The lowest BCUT2D eigenvalue weighted by Gasteiger charge is -2.07. The number of amides is 3. The van der Waals surface area contributed by atoms with Crippen molar-refractivity contribution in [3.8, 4) is 0 Å². The number of para-hydroxylation sites is 1. The van der Waals surface area contributed by atoms with Crippen LogP contribution in [0.3, 0.4) is 0 Å². The van der Waals surface area contributed by atoms with Crippen LogP contribution in [0.4, 0.5) is 10.5 Å². The first-order chi connectivity index (χ1) is 11.1. The number of rotatable bonds is 4. The number of hydrogen-bond acceptors (Lipinski definition) is 2. The second kappa shape index (κ2) is 6.00. The van der Waals surface area contributed by atoms with Gasteiger partial charge in [-0.2, -0.15) is 0 Å². The number of hydrogen-bond donors (Lipinski definition) is 3. The molecule has 3 aromatic rings. The first-order valence-electron chi connectivity index (χ1n) is 7.44. The molecule has 0 aliphatic carbocycles. The van der Waals surface area contributed by atoms with Gasteiger partial charge in [0, 0.05) is 34.0 Å². The van der Waals surface area contributed by atoms with Gasteiger partial charge >= 0.3 is 6.03 Å². The smallest absolute Gasteiger partial charge is 0.312 e. The summed E-state index contributed by atoms with van der Waals surface area (Å²) in [6.07, 6.45) is 0. The van der Waals surface area contributed by atoms with E-state index in [9.17, 15) is 9.59 Å². The zero-order valence-electron chi connectivity index (χ0n) is 12.8. The third kappa shape index (κ3) is 2.83. The second-order valence-electron chi connectivity index (χ2n) is 5.26. The van der Waals surface area contributed by atoms with E-state index in [0.29, 0.717) is 5.69 Å². The third-order valence-electron chi connectivity index (χ3n) is 3.80. The highest BCUT2D eigenvalue weighted by atomic mass is 16.2. The summed E-state index contributed by atoms with van der Waals surface area (Å²) >= 11 is 0. The van der Waals surface area contributed by atoms with Crippen molar-refractivity contribution in [1.82, 2.24) is 9.88 Å². The van der Waals surface area contributed by atoms with E-state index in [-0.39, 0.29) is 12.5 Å². The second-order valence-corrected chi connectivity index (χ2v) is 5.26. The number of benzene rings is 2. The van der Waals surface area contributed by atoms with E-state index < -0.39 is 6.03 Å². The highest BCUT2D eigenvalue weighted by Crippen LogP contribution is 2.30. The largest absolute Gasteiger partial charge is 0.352 e. The Kier molecular flexibility index (Phi) is 3.89. The summed E-state index contributed by atoms with van der Waals surface area (Å²) in [7, 11) is 0. The predicted molar refractivity (Wildman–Crippen MR) is 91.3 cm³/mol. The van der Waals surface area contributed by atoms with Crippen LogP contribution in [0.1, 0.15) is 6.92 Å². The molecule has 3 amide bonds. The average Bonchev–Trinajstić information content (AvgIpc) is 2.86. The fourth-order valence-electron chi connectivity index (χ4n) is 2.84. The van der Waals surface area contributed by atoms with Crippen LogP contribution in [0.5, 0.6) is 0 Å². The average molecular weight is 310 g/mol. The van der Waals surface area contributed by atoms with E-state index in [1.807, 2.05) is 30.3 Å². The summed E-state index contributed by atoms with van der Waals surface area (Å²) in [5.41, 5.74) is 7.94. The van der Waals surface area contributed by atoms with Crippen molar-refractivity contribution in [3.63, 3.8) is 0 Å². The van der Waals surface area contributed by atoms with Gasteiger partial charge in [0.05, 0.1) is 6.54 Å². The minimum absolute atomic E-state index is 0.149. The molecule has 0 saturated carbocycles. The van der Waals surface area contributed by atoms with E-state index >= 15 is 0 Å². The summed E-state index contributed by atoms with van der Waals surface area (Å²) in [5.74, 6) is -0.317. The minimum Gasteiger partial charge on any atom is -0.352 e. The Morgan fingerprint density at radius 1 is 1.09 bits per heavy atom. The van der Waals surface area contributed by atoms with Crippen LogP contribution >= 0.6 is 0 Å². The molecular formula is C17H18N4O2. The Morgan fingerprint density at radius 3 is 2.57 bits per heavy atom. The van der Waals surface area contributed by atoms with Gasteiger partial charge in [0.1, 0.15) is 0 Å². The number of fused-ring (bicyclic) bond motifs is 3. The summed E-state index contributed by atoms with van der Waals surface area (Å²) in [4.78, 5) is 22.4. The van der Waals surface area contributed by atoms with Crippen molar-refractivity contribution in [2.45, 2.75) is 13.5 Å². The predicted octanol–water partition coefficient (Wildman–Crippen LogP) is 2.42. The molecule has 23 heavy (non-hydrogen) atoms. The lowest BCUT2D eigenvalue weighted by Crippen LogP contribution is -2.36. The molecule has 118 valence electrons. The quantitative estimate of drug-likeness (QED) is 0.691. The fourth-order valence-corrected chi connectivity index (χ4v) is 2.84. The van der Waals surface area contributed by atoms with Gasteiger partial charge in [0.15, 0.2) is 0 Å². The van der Waals surface area contributed by atoms with Gasteiger partial charge in [-0.05, 0) is 31.2 Å². The number of nitrogens with one attached hydrogen (secondary N) is 2. The maximum Gasteiger partial charge on any atom is 0.312 e. The Labute approximate surface area is 133 Å². The normalized spacial score (nSPS) is 10.8. The maximum absolute atomic E-state index is 11.8. The van der Waals surface area contributed by atoms with Crippen molar-refractivity contribution >= 4 is 39.4 Å². The van der Waals surface area contributed by atoms with Gasteiger partial charge in [-0.25, -0.2) is 4.79 Å². The summed E-state index contributed by atoms with van der Waals surface area (Å²) in [5, 5.41) is 7.27. The van der Waals surface area contributed by atoms with E-state index in [2.05, 4.69) is 34.3 Å². The van der Waals surface area contributed by atoms with Gasteiger partial charge in [0.2, 0.25) is 5.91 Å². The van der Waals surface area contributed by atoms with Crippen LogP contribution in [0, 0.1) is 0 Å². The molecule has 1 heterocycles. The van der Waals surface area contributed by atoms with Crippen molar-refractivity contribution in [3.05, 3.63) is 42.5 Å². The summed E-state index contributed by atoms with van der Waals surface area (Å²) < 4.78 is 2.24. The monoisotopic (exact) mass is 310 g/mol. The third-order valence-corrected chi connectivity index (χ3v) is 3.80. The Morgan fingerprint density at radius 2 is 1.83 bits per heavy atom. The van der Waals surface area contributed by atoms with E-state index in [1.165, 1.54) is 5.52 Å². The van der Waals surface area contributed by atoms with Crippen LogP contribution in [0.25, 0.3) is 21.8 Å². The maximum atomic E-state index is 11.8. The molecule has 0 aliphatic heterocycles. The molecule has 0 atom stereocenters. The van der Waals surface area contributed by atoms with Gasteiger partial charge in [-0.1, -0.05) is 18.2 Å². The number of nitrogens with two attached hydrogens (primary N) is 1. The van der Waals surface area contributed by atoms with Crippen molar-refractivity contribution in [2.24, 2.45) is 5.73 Å². The molecule has 3 rings (SSSR count). The number of primary amides is 1. The van der Waals surface area contributed by atoms with E-state index in [1.54, 1.807) is 0 Å². The highest BCUT2D eigenvalue weighted by Gasteiger charge is 2.10. The Bertz CT molecular complexity index is 898. The Balaban J connectivity index is 1.97.